The molecule has 6 nitrogen and oxygen atoms in total. The lowest BCUT2D eigenvalue weighted by Crippen LogP contribution is -2.27. The molecule has 0 heterocycles. The van der Waals surface area contributed by atoms with Crippen LogP contribution in [0.4, 0.5) is 0 Å². The van der Waals surface area contributed by atoms with Crippen molar-refractivity contribution in [2.24, 2.45) is 0 Å². The minimum absolute atomic E-state index is 0.0148. The first-order valence-corrected chi connectivity index (χ1v) is 6.74. The Labute approximate surface area is 124 Å². The highest BCUT2D eigenvalue weighted by molar-refractivity contribution is 5.75. The van der Waals surface area contributed by atoms with Gasteiger partial charge in [0.2, 0.25) is 5.91 Å². The van der Waals surface area contributed by atoms with E-state index >= 15 is 0 Å². The van der Waals surface area contributed by atoms with Crippen LogP contribution < -0.4 is 14.8 Å². The summed E-state index contributed by atoms with van der Waals surface area (Å²) in [5, 5.41) is 2.72. The van der Waals surface area contributed by atoms with Crippen LogP contribution in [0.1, 0.15) is 18.9 Å². The van der Waals surface area contributed by atoms with Gasteiger partial charge in [-0.05, 0) is 17.7 Å². The minimum Gasteiger partial charge on any atom is -0.493 e. The second kappa shape index (κ2) is 8.84. The number of ether oxygens (including phenoxy) is 3. The maximum absolute atomic E-state index is 11.2. The third kappa shape index (κ3) is 5.72. The van der Waals surface area contributed by atoms with E-state index in [9.17, 15) is 9.59 Å². The van der Waals surface area contributed by atoms with Crippen LogP contribution in [0.25, 0.3) is 0 Å². The molecule has 0 saturated heterocycles. The molecule has 1 aromatic carbocycles. The van der Waals surface area contributed by atoms with Crippen LogP contribution >= 0.6 is 0 Å². The SMILES string of the molecule is CCC(=O)NCCOc1ccc(CC(=O)OC)cc1OC. The van der Waals surface area contributed by atoms with Gasteiger partial charge in [0, 0.05) is 6.42 Å². The summed E-state index contributed by atoms with van der Waals surface area (Å²) in [6.07, 6.45) is 0.630. The van der Waals surface area contributed by atoms with Gasteiger partial charge < -0.3 is 19.5 Å². The first-order valence-electron chi connectivity index (χ1n) is 6.74. The first kappa shape index (κ1) is 16.8. The number of nitrogens with one attached hydrogen (secondary N) is 1. The summed E-state index contributed by atoms with van der Waals surface area (Å²) in [5.74, 6) is 0.780. The van der Waals surface area contributed by atoms with Crippen LogP contribution in [0.15, 0.2) is 18.2 Å². The van der Waals surface area contributed by atoms with Gasteiger partial charge in [0.25, 0.3) is 0 Å². The van der Waals surface area contributed by atoms with E-state index in [2.05, 4.69) is 10.1 Å². The number of carbonyl (C=O) groups excluding carboxylic acids is 2. The molecular formula is C15H21NO5. The zero-order chi connectivity index (χ0) is 15.7. The Morgan fingerprint density at radius 2 is 1.95 bits per heavy atom. The molecule has 0 unspecified atom stereocenters. The zero-order valence-electron chi connectivity index (χ0n) is 12.6. The lowest BCUT2D eigenvalue weighted by Gasteiger charge is -2.12. The molecule has 0 saturated carbocycles. The molecule has 0 aliphatic heterocycles. The second-order valence-corrected chi connectivity index (χ2v) is 4.29. The summed E-state index contributed by atoms with van der Waals surface area (Å²) < 4.78 is 15.4. The van der Waals surface area contributed by atoms with Crippen molar-refractivity contribution in [2.75, 3.05) is 27.4 Å². The quantitative estimate of drug-likeness (QED) is 0.578. The van der Waals surface area contributed by atoms with Gasteiger partial charge in [-0.2, -0.15) is 0 Å². The van der Waals surface area contributed by atoms with Crippen molar-refractivity contribution >= 4 is 11.9 Å². The monoisotopic (exact) mass is 295 g/mol. The highest BCUT2D eigenvalue weighted by atomic mass is 16.5. The lowest BCUT2D eigenvalue weighted by molar-refractivity contribution is -0.139. The summed E-state index contributed by atoms with van der Waals surface area (Å²) in [6.45, 7) is 2.57. The van der Waals surface area contributed by atoms with E-state index in [0.717, 1.165) is 5.56 Å². The number of hydrogen-bond donors (Lipinski definition) is 1. The summed E-state index contributed by atoms with van der Waals surface area (Å²) in [6, 6.07) is 5.25. The fraction of sp³-hybridized carbons (Fsp3) is 0.467. The largest absolute Gasteiger partial charge is 0.493 e. The number of esters is 1. The molecule has 0 fully saturated rings. The van der Waals surface area contributed by atoms with E-state index < -0.39 is 0 Å². The smallest absolute Gasteiger partial charge is 0.309 e. The van der Waals surface area contributed by atoms with Gasteiger partial charge in [0.15, 0.2) is 11.5 Å². The first-order chi connectivity index (χ1) is 10.1. The Morgan fingerprint density at radius 3 is 2.57 bits per heavy atom. The van der Waals surface area contributed by atoms with Gasteiger partial charge in [-0.3, -0.25) is 9.59 Å². The molecule has 1 N–H and O–H groups in total. The van der Waals surface area contributed by atoms with Crippen LogP contribution in [0.3, 0.4) is 0 Å². The van der Waals surface area contributed by atoms with E-state index in [1.807, 2.05) is 0 Å². The van der Waals surface area contributed by atoms with E-state index in [-0.39, 0.29) is 18.3 Å². The molecule has 6 heteroatoms. The predicted molar refractivity (Wildman–Crippen MR) is 77.5 cm³/mol. The predicted octanol–water partition coefficient (Wildman–Crippen LogP) is 1.32. The molecule has 0 aromatic heterocycles. The summed E-state index contributed by atoms with van der Waals surface area (Å²) in [4.78, 5) is 22.3. The fourth-order valence-electron chi connectivity index (χ4n) is 1.66. The molecular weight excluding hydrogens is 274 g/mol. The molecule has 0 atom stereocenters. The van der Waals surface area contributed by atoms with Gasteiger partial charge in [0.1, 0.15) is 6.61 Å². The van der Waals surface area contributed by atoms with Crippen LogP contribution in [-0.4, -0.2) is 39.2 Å². The summed E-state index contributed by atoms with van der Waals surface area (Å²) >= 11 is 0. The third-order valence-corrected chi connectivity index (χ3v) is 2.81. The topological polar surface area (TPSA) is 73.9 Å². The van der Waals surface area contributed by atoms with Gasteiger partial charge in [-0.25, -0.2) is 0 Å². The average molecular weight is 295 g/mol. The van der Waals surface area contributed by atoms with Gasteiger partial charge in [-0.1, -0.05) is 13.0 Å². The van der Waals surface area contributed by atoms with Crippen LogP contribution in [-0.2, 0) is 20.7 Å². The number of benzene rings is 1. The normalized spacial score (nSPS) is 9.86. The number of methoxy groups -OCH3 is 2. The van der Waals surface area contributed by atoms with E-state index in [1.54, 1.807) is 25.1 Å². The molecule has 0 bridgehead atoms. The lowest BCUT2D eigenvalue weighted by atomic mass is 10.1. The van der Waals surface area contributed by atoms with Crippen LogP contribution in [0.2, 0.25) is 0 Å². The van der Waals surface area contributed by atoms with Crippen molar-refractivity contribution in [3.8, 4) is 11.5 Å². The number of carbonyl (C=O) groups is 2. The average Bonchev–Trinajstić information content (AvgIpc) is 2.51. The molecule has 21 heavy (non-hydrogen) atoms. The van der Waals surface area contributed by atoms with Crippen molar-refractivity contribution in [1.82, 2.24) is 5.32 Å². The van der Waals surface area contributed by atoms with Gasteiger partial charge >= 0.3 is 5.97 Å². The van der Waals surface area contributed by atoms with E-state index in [4.69, 9.17) is 9.47 Å². The summed E-state index contributed by atoms with van der Waals surface area (Å²) in [7, 11) is 2.88. The fourth-order valence-corrected chi connectivity index (χ4v) is 1.66. The third-order valence-electron chi connectivity index (χ3n) is 2.81. The Bertz CT molecular complexity index is 487. The van der Waals surface area contributed by atoms with Crippen LogP contribution in [0, 0.1) is 0 Å². The molecule has 1 amide bonds. The highest BCUT2D eigenvalue weighted by Crippen LogP contribution is 2.28. The van der Waals surface area contributed by atoms with Crippen molar-refractivity contribution in [3.63, 3.8) is 0 Å². The van der Waals surface area contributed by atoms with E-state index in [0.29, 0.717) is 31.1 Å². The van der Waals surface area contributed by atoms with Crippen molar-refractivity contribution < 1.29 is 23.8 Å². The zero-order valence-corrected chi connectivity index (χ0v) is 12.6. The molecule has 0 radical (unpaired) electrons. The van der Waals surface area contributed by atoms with Crippen LogP contribution in [0.5, 0.6) is 11.5 Å². The molecule has 1 rings (SSSR count). The Balaban J connectivity index is 2.58. The highest BCUT2D eigenvalue weighted by Gasteiger charge is 2.09. The van der Waals surface area contributed by atoms with Crippen molar-refractivity contribution in [2.45, 2.75) is 19.8 Å². The Morgan fingerprint density at radius 1 is 1.19 bits per heavy atom. The maximum Gasteiger partial charge on any atom is 0.309 e. The standard InChI is InChI=1S/C15H21NO5/c1-4-14(17)16-7-8-21-12-6-5-11(9-13(12)19-2)10-15(18)20-3/h5-6,9H,4,7-8,10H2,1-3H3,(H,16,17). The Hall–Kier alpha value is -2.24. The van der Waals surface area contributed by atoms with Crippen molar-refractivity contribution in [1.29, 1.82) is 0 Å². The number of rotatable bonds is 8. The number of hydrogen-bond acceptors (Lipinski definition) is 5. The molecule has 1 aromatic rings. The minimum atomic E-state index is -0.312. The molecule has 0 aliphatic rings. The molecule has 116 valence electrons. The van der Waals surface area contributed by atoms with Gasteiger partial charge in [0.05, 0.1) is 27.2 Å². The molecule has 0 spiro atoms. The maximum atomic E-state index is 11.2. The van der Waals surface area contributed by atoms with Gasteiger partial charge in [-0.15, -0.1) is 0 Å². The number of amides is 1. The van der Waals surface area contributed by atoms with Crippen molar-refractivity contribution in [3.05, 3.63) is 23.8 Å². The Kier molecular flexibility index (Phi) is 7.08. The summed E-state index contributed by atoms with van der Waals surface area (Å²) in [5.41, 5.74) is 0.783. The second-order valence-electron chi connectivity index (χ2n) is 4.29. The van der Waals surface area contributed by atoms with E-state index in [1.165, 1.54) is 14.2 Å². The molecule has 0 aliphatic carbocycles.